The first-order chi connectivity index (χ1) is 12.8. The van der Waals surface area contributed by atoms with Crippen LogP contribution in [0.5, 0.6) is 0 Å². The number of aliphatic hydroxyl groups is 1. The van der Waals surface area contributed by atoms with Crippen molar-refractivity contribution >= 4 is 10.0 Å². The van der Waals surface area contributed by atoms with E-state index in [9.17, 15) is 22.3 Å². The molecule has 1 atom stereocenters. The van der Waals surface area contributed by atoms with Crippen molar-refractivity contribution < 1.29 is 27.0 Å². The number of halogens is 2. The molecule has 1 fully saturated rings. The highest BCUT2D eigenvalue weighted by Crippen LogP contribution is 2.36. The molecule has 1 heterocycles. The third-order valence-electron chi connectivity index (χ3n) is 4.89. The van der Waals surface area contributed by atoms with Gasteiger partial charge in [0, 0.05) is 19.8 Å². The molecule has 0 saturated carbocycles. The van der Waals surface area contributed by atoms with Crippen molar-refractivity contribution in [3.63, 3.8) is 0 Å². The standard InChI is InChI=1S/C19H21F2NO4S/c20-16-7-4-8-17(21)18(16)27(24,25)22-13-19(23,14-5-2-1-3-6-14)15-9-11-26-12-10-15/h1-8,15,22-23H,9-13H2/t19-/m1/s1. The number of rotatable bonds is 6. The monoisotopic (exact) mass is 397 g/mol. The van der Waals surface area contributed by atoms with Crippen LogP contribution in [0.2, 0.25) is 0 Å². The number of ether oxygens (including phenoxy) is 1. The fraction of sp³-hybridized carbons (Fsp3) is 0.368. The van der Waals surface area contributed by atoms with Gasteiger partial charge in [-0.25, -0.2) is 21.9 Å². The van der Waals surface area contributed by atoms with Crippen LogP contribution in [0.15, 0.2) is 53.4 Å². The number of hydrogen-bond donors (Lipinski definition) is 2. The van der Waals surface area contributed by atoms with Crippen LogP contribution in [0.4, 0.5) is 8.78 Å². The van der Waals surface area contributed by atoms with Crippen LogP contribution < -0.4 is 4.72 Å². The van der Waals surface area contributed by atoms with E-state index in [4.69, 9.17) is 4.74 Å². The van der Waals surface area contributed by atoms with Crippen molar-refractivity contribution in [1.82, 2.24) is 4.72 Å². The van der Waals surface area contributed by atoms with Crippen LogP contribution in [0.3, 0.4) is 0 Å². The Labute approximate surface area is 157 Å². The molecule has 0 unspecified atom stereocenters. The Morgan fingerprint density at radius 1 is 1.04 bits per heavy atom. The Morgan fingerprint density at radius 2 is 1.63 bits per heavy atom. The van der Waals surface area contributed by atoms with E-state index < -0.39 is 38.7 Å². The van der Waals surface area contributed by atoms with Crippen molar-refractivity contribution in [1.29, 1.82) is 0 Å². The van der Waals surface area contributed by atoms with E-state index in [1.807, 2.05) is 0 Å². The summed E-state index contributed by atoms with van der Waals surface area (Å²) in [5.74, 6) is -2.63. The number of nitrogens with one attached hydrogen (secondary N) is 1. The highest BCUT2D eigenvalue weighted by atomic mass is 32.2. The van der Waals surface area contributed by atoms with Crippen LogP contribution >= 0.6 is 0 Å². The predicted molar refractivity (Wildman–Crippen MR) is 95.4 cm³/mol. The minimum absolute atomic E-state index is 0.262. The average molecular weight is 397 g/mol. The van der Waals surface area contributed by atoms with Crippen molar-refractivity contribution in [3.05, 3.63) is 65.7 Å². The molecular formula is C19H21F2NO4S. The van der Waals surface area contributed by atoms with Crippen LogP contribution in [-0.4, -0.2) is 33.3 Å². The normalized spacial score (nSPS) is 18.2. The lowest BCUT2D eigenvalue weighted by Crippen LogP contribution is -2.47. The second-order valence-electron chi connectivity index (χ2n) is 6.55. The fourth-order valence-electron chi connectivity index (χ4n) is 3.40. The lowest BCUT2D eigenvalue weighted by Gasteiger charge is -2.39. The fourth-order valence-corrected chi connectivity index (χ4v) is 4.60. The SMILES string of the molecule is O=S(=O)(NC[C@@](O)(c1ccccc1)C1CCOCC1)c1c(F)cccc1F. The summed E-state index contributed by atoms with van der Waals surface area (Å²) in [6.45, 7) is 0.501. The summed E-state index contributed by atoms with van der Waals surface area (Å²) in [5, 5.41) is 11.4. The van der Waals surface area contributed by atoms with Gasteiger partial charge in [-0.3, -0.25) is 0 Å². The van der Waals surface area contributed by atoms with Crippen molar-refractivity contribution in [2.24, 2.45) is 5.92 Å². The lowest BCUT2D eigenvalue weighted by atomic mass is 9.77. The molecule has 5 nitrogen and oxygen atoms in total. The molecule has 3 rings (SSSR count). The van der Waals surface area contributed by atoms with Crippen LogP contribution in [0, 0.1) is 17.6 Å². The lowest BCUT2D eigenvalue weighted by molar-refractivity contribution is -0.0664. The summed E-state index contributed by atoms with van der Waals surface area (Å²) in [4.78, 5) is -1.05. The number of sulfonamides is 1. The van der Waals surface area contributed by atoms with Gasteiger partial charge < -0.3 is 9.84 Å². The van der Waals surface area contributed by atoms with Crippen molar-refractivity contribution in [2.45, 2.75) is 23.3 Å². The highest BCUT2D eigenvalue weighted by molar-refractivity contribution is 7.89. The molecule has 0 aromatic heterocycles. The Kier molecular flexibility index (Phi) is 5.90. The van der Waals surface area contributed by atoms with Gasteiger partial charge >= 0.3 is 0 Å². The molecule has 0 amide bonds. The second kappa shape index (κ2) is 8.02. The quantitative estimate of drug-likeness (QED) is 0.786. The maximum atomic E-state index is 13.9. The van der Waals surface area contributed by atoms with Crippen LogP contribution in [0.1, 0.15) is 18.4 Å². The van der Waals surface area contributed by atoms with E-state index in [-0.39, 0.29) is 5.92 Å². The minimum Gasteiger partial charge on any atom is -0.383 e. The zero-order valence-electron chi connectivity index (χ0n) is 14.6. The first-order valence-corrected chi connectivity index (χ1v) is 10.1. The molecule has 0 bridgehead atoms. The van der Waals surface area contributed by atoms with Gasteiger partial charge in [-0.2, -0.15) is 0 Å². The molecule has 1 aliphatic rings. The van der Waals surface area contributed by atoms with Gasteiger partial charge in [-0.1, -0.05) is 36.4 Å². The molecule has 1 aliphatic heterocycles. The third kappa shape index (κ3) is 4.19. The molecule has 1 saturated heterocycles. The molecule has 2 aromatic carbocycles. The summed E-state index contributed by atoms with van der Waals surface area (Å²) in [7, 11) is -4.49. The minimum atomic E-state index is -4.49. The molecule has 0 radical (unpaired) electrons. The van der Waals surface area contributed by atoms with Gasteiger partial charge in [0.05, 0.1) is 0 Å². The summed E-state index contributed by atoms with van der Waals surface area (Å²) in [5.41, 5.74) is -0.992. The Hall–Kier alpha value is -1.87. The number of benzene rings is 2. The van der Waals surface area contributed by atoms with Gasteiger partial charge in [0.2, 0.25) is 10.0 Å². The molecule has 146 valence electrons. The third-order valence-corrected chi connectivity index (χ3v) is 6.34. The van der Waals surface area contributed by atoms with E-state index in [2.05, 4.69) is 4.72 Å². The smallest absolute Gasteiger partial charge is 0.246 e. The maximum Gasteiger partial charge on any atom is 0.246 e. The molecule has 8 heteroatoms. The van der Waals surface area contributed by atoms with E-state index in [1.165, 1.54) is 0 Å². The van der Waals surface area contributed by atoms with Gasteiger partial charge in [-0.15, -0.1) is 0 Å². The Balaban J connectivity index is 1.91. The maximum absolute atomic E-state index is 13.9. The van der Waals surface area contributed by atoms with Gasteiger partial charge in [0.15, 0.2) is 4.90 Å². The van der Waals surface area contributed by atoms with Crippen molar-refractivity contribution in [2.75, 3.05) is 19.8 Å². The van der Waals surface area contributed by atoms with Crippen molar-refractivity contribution in [3.8, 4) is 0 Å². The van der Waals surface area contributed by atoms with E-state index in [1.54, 1.807) is 30.3 Å². The summed E-state index contributed by atoms with van der Waals surface area (Å²) >= 11 is 0. The van der Waals surface area contributed by atoms with Crippen LogP contribution in [0.25, 0.3) is 0 Å². The van der Waals surface area contributed by atoms with E-state index in [0.717, 1.165) is 18.2 Å². The Bertz CT molecular complexity index is 866. The average Bonchev–Trinajstić information content (AvgIpc) is 2.67. The van der Waals surface area contributed by atoms with Gasteiger partial charge in [0.1, 0.15) is 17.2 Å². The molecule has 0 spiro atoms. The zero-order chi connectivity index (χ0) is 19.5. The molecular weight excluding hydrogens is 376 g/mol. The highest BCUT2D eigenvalue weighted by Gasteiger charge is 2.40. The zero-order valence-corrected chi connectivity index (χ0v) is 15.4. The first kappa shape index (κ1) is 19.9. The largest absolute Gasteiger partial charge is 0.383 e. The van der Waals surface area contributed by atoms with E-state index >= 15 is 0 Å². The first-order valence-electron chi connectivity index (χ1n) is 8.64. The summed E-state index contributed by atoms with van der Waals surface area (Å²) in [6, 6.07) is 11.5. The Morgan fingerprint density at radius 3 is 2.22 bits per heavy atom. The summed E-state index contributed by atoms with van der Waals surface area (Å²) < 4.78 is 60.3. The second-order valence-corrected chi connectivity index (χ2v) is 8.26. The van der Waals surface area contributed by atoms with E-state index in [0.29, 0.717) is 31.6 Å². The number of hydrogen-bond acceptors (Lipinski definition) is 4. The topological polar surface area (TPSA) is 75.6 Å². The predicted octanol–water partition coefficient (Wildman–Crippen LogP) is 2.56. The van der Waals surface area contributed by atoms with Gasteiger partial charge in [0.25, 0.3) is 0 Å². The van der Waals surface area contributed by atoms with Gasteiger partial charge in [-0.05, 0) is 36.5 Å². The molecule has 2 aromatic rings. The molecule has 2 N–H and O–H groups in total. The van der Waals surface area contributed by atoms with Crippen LogP contribution in [-0.2, 0) is 20.4 Å². The molecule has 27 heavy (non-hydrogen) atoms. The summed E-state index contributed by atoms with van der Waals surface area (Å²) in [6.07, 6.45) is 1.09. The molecule has 0 aliphatic carbocycles.